The quantitative estimate of drug-likeness (QED) is 0.533. The van der Waals surface area contributed by atoms with Crippen LogP contribution in [0.5, 0.6) is 0 Å². The van der Waals surface area contributed by atoms with Crippen LogP contribution in [0.1, 0.15) is 76.5 Å². The van der Waals surface area contributed by atoms with Gasteiger partial charge in [0.1, 0.15) is 0 Å². The Morgan fingerprint density at radius 2 is 1.42 bits per heavy atom. The van der Waals surface area contributed by atoms with Crippen LogP contribution in [0.3, 0.4) is 0 Å². The molecule has 2 aromatic rings. The highest BCUT2D eigenvalue weighted by molar-refractivity contribution is 5.58. The molecule has 0 N–H and O–H groups in total. The summed E-state index contributed by atoms with van der Waals surface area (Å²) in [6.45, 7) is 4.49. The van der Waals surface area contributed by atoms with Crippen molar-refractivity contribution in [2.24, 2.45) is 11.8 Å². The fourth-order valence-corrected chi connectivity index (χ4v) is 4.33. The van der Waals surface area contributed by atoms with Gasteiger partial charge >= 0.3 is 0 Å². The van der Waals surface area contributed by atoms with E-state index in [9.17, 15) is 0 Å². The maximum absolute atomic E-state index is 4.39. The minimum Gasteiger partial charge on any atom is -0.155 e. The molecule has 1 aliphatic rings. The van der Waals surface area contributed by atoms with Gasteiger partial charge in [-0.05, 0) is 48.8 Å². The van der Waals surface area contributed by atoms with Crippen molar-refractivity contribution in [1.29, 1.82) is 0 Å². The molecule has 0 saturated heterocycles. The molecule has 0 radical (unpaired) electrons. The molecule has 1 fully saturated rings. The smallest absolute Gasteiger partial charge is 0.0929 e. The van der Waals surface area contributed by atoms with Gasteiger partial charge in [0.2, 0.25) is 0 Å². The van der Waals surface area contributed by atoms with E-state index in [2.05, 4.69) is 60.4 Å². The van der Waals surface area contributed by atoms with Crippen molar-refractivity contribution in [3.8, 4) is 11.3 Å². The highest BCUT2D eigenvalue weighted by atomic mass is 15.1. The normalized spacial score (nSPS) is 20.2. The van der Waals surface area contributed by atoms with Gasteiger partial charge in [-0.1, -0.05) is 83.1 Å². The summed E-state index contributed by atoms with van der Waals surface area (Å²) in [5, 5.41) is 8.72. The maximum Gasteiger partial charge on any atom is 0.0929 e. The lowest BCUT2D eigenvalue weighted by Gasteiger charge is -2.28. The van der Waals surface area contributed by atoms with E-state index in [1.165, 1.54) is 62.5 Å². The number of aryl methyl sites for hydroxylation is 2. The van der Waals surface area contributed by atoms with Gasteiger partial charge in [-0.15, -0.1) is 0 Å². The van der Waals surface area contributed by atoms with Crippen LogP contribution in [0.2, 0.25) is 0 Å². The summed E-state index contributed by atoms with van der Waals surface area (Å²) in [5.74, 6) is 1.96. The zero-order valence-corrected chi connectivity index (χ0v) is 16.6. The predicted molar refractivity (Wildman–Crippen MR) is 110 cm³/mol. The second-order valence-corrected chi connectivity index (χ2v) is 8.07. The molecule has 0 unspecified atom stereocenters. The Hall–Kier alpha value is -1.70. The van der Waals surface area contributed by atoms with Crippen LogP contribution in [0.25, 0.3) is 11.3 Å². The summed E-state index contributed by atoms with van der Waals surface area (Å²) in [5.41, 5.74) is 4.69. The zero-order valence-electron chi connectivity index (χ0n) is 16.6. The average molecular weight is 351 g/mol. The molecule has 0 aliphatic heterocycles. The topological polar surface area (TPSA) is 25.8 Å². The number of hydrogen-bond donors (Lipinski definition) is 0. The van der Waals surface area contributed by atoms with Crippen molar-refractivity contribution in [3.05, 3.63) is 47.7 Å². The van der Waals surface area contributed by atoms with Gasteiger partial charge in [-0.3, -0.25) is 0 Å². The Morgan fingerprint density at radius 3 is 2.00 bits per heavy atom. The number of nitrogens with zero attached hydrogens (tertiary/aromatic N) is 2. The molecule has 3 rings (SSSR count). The molecule has 26 heavy (non-hydrogen) atoms. The minimum absolute atomic E-state index is 0.944. The maximum atomic E-state index is 4.39. The lowest BCUT2D eigenvalue weighted by atomic mass is 9.78. The van der Waals surface area contributed by atoms with Crippen molar-refractivity contribution in [1.82, 2.24) is 10.2 Å². The molecule has 2 heteroatoms. The van der Waals surface area contributed by atoms with Gasteiger partial charge in [0.15, 0.2) is 0 Å². The highest BCUT2D eigenvalue weighted by Crippen LogP contribution is 2.33. The number of hydrogen-bond acceptors (Lipinski definition) is 2. The Morgan fingerprint density at radius 1 is 0.731 bits per heavy atom. The van der Waals surface area contributed by atoms with Gasteiger partial charge in [0.25, 0.3) is 0 Å². The fourth-order valence-electron chi connectivity index (χ4n) is 4.33. The van der Waals surface area contributed by atoms with E-state index in [1.54, 1.807) is 0 Å². The second kappa shape index (κ2) is 9.85. The first-order valence-electron chi connectivity index (χ1n) is 10.7. The summed E-state index contributed by atoms with van der Waals surface area (Å²) in [6, 6.07) is 13.2. The van der Waals surface area contributed by atoms with Crippen molar-refractivity contribution in [2.45, 2.75) is 78.1 Å². The van der Waals surface area contributed by atoms with Crippen LogP contribution in [0.15, 0.2) is 36.4 Å². The summed E-state index contributed by atoms with van der Waals surface area (Å²) in [4.78, 5) is 0. The predicted octanol–water partition coefficient (Wildman–Crippen LogP) is 6.64. The highest BCUT2D eigenvalue weighted by Gasteiger charge is 2.20. The third-order valence-corrected chi connectivity index (χ3v) is 5.98. The van der Waals surface area contributed by atoms with E-state index in [0.29, 0.717) is 0 Å². The van der Waals surface area contributed by atoms with Gasteiger partial charge < -0.3 is 0 Å². The van der Waals surface area contributed by atoms with Crippen LogP contribution >= 0.6 is 0 Å². The fraction of sp³-hybridized carbons (Fsp3) is 0.583. The molecule has 0 bridgehead atoms. The molecule has 0 spiro atoms. The van der Waals surface area contributed by atoms with Crippen molar-refractivity contribution >= 4 is 0 Å². The lowest BCUT2D eigenvalue weighted by molar-refractivity contribution is 0.252. The molecule has 1 saturated carbocycles. The Labute approximate surface area is 159 Å². The van der Waals surface area contributed by atoms with Crippen LogP contribution < -0.4 is 0 Å². The first-order valence-corrected chi connectivity index (χ1v) is 10.7. The molecule has 0 atom stereocenters. The third kappa shape index (κ3) is 5.40. The van der Waals surface area contributed by atoms with E-state index in [1.807, 2.05) is 0 Å². The van der Waals surface area contributed by atoms with Crippen molar-refractivity contribution in [3.63, 3.8) is 0 Å². The number of rotatable bonds is 8. The van der Waals surface area contributed by atoms with E-state index >= 15 is 0 Å². The summed E-state index contributed by atoms with van der Waals surface area (Å²) in [6.07, 6.45) is 13.3. The van der Waals surface area contributed by atoms with E-state index in [0.717, 1.165) is 36.1 Å². The average Bonchev–Trinajstić information content (AvgIpc) is 2.69. The lowest BCUT2D eigenvalue weighted by Crippen LogP contribution is -2.15. The monoisotopic (exact) mass is 350 g/mol. The molecular formula is C24H34N2. The second-order valence-electron chi connectivity index (χ2n) is 8.07. The largest absolute Gasteiger partial charge is 0.155 e. The SMILES string of the molecule is CCCc1ccc(-c2ccc(CC[C@H]3CC[C@H](CCC)CC3)cc2)nn1. The minimum atomic E-state index is 0.944. The molecule has 1 aromatic carbocycles. The van der Waals surface area contributed by atoms with Crippen LogP contribution in [0, 0.1) is 11.8 Å². The molecule has 140 valence electrons. The summed E-state index contributed by atoms with van der Waals surface area (Å²) in [7, 11) is 0. The van der Waals surface area contributed by atoms with Crippen LogP contribution in [-0.2, 0) is 12.8 Å². The molecule has 1 aromatic heterocycles. The van der Waals surface area contributed by atoms with E-state index < -0.39 is 0 Å². The standard InChI is InChI=1S/C24H34N2/c1-3-5-19-7-9-20(10-8-19)11-12-21-13-15-22(16-14-21)24-18-17-23(6-4-2)25-26-24/h13-20H,3-12H2,1-2H3/t19-,20-. The Kier molecular flexibility index (Phi) is 7.22. The first kappa shape index (κ1) is 19.1. The van der Waals surface area contributed by atoms with Gasteiger partial charge in [-0.25, -0.2) is 0 Å². The number of benzene rings is 1. The van der Waals surface area contributed by atoms with Crippen molar-refractivity contribution < 1.29 is 0 Å². The molecule has 2 nitrogen and oxygen atoms in total. The van der Waals surface area contributed by atoms with Crippen LogP contribution in [0.4, 0.5) is 0 Å². The molecule has 1 aliphatic carbocycles. The van der Waals surface area contributed by atoms with E-state index in [-0.39, 0.29) is 0 Å². The zero-order chi connectivity index (χ0) is 18.2. The van der Waals surface area contributed by atoms with Gasteiger partial charge in [0, 0.05) is 5.56 Å². The van der Waals surface area contributed by atoms with Crippen molar-refractivity contribution in [2.75, 3.05) is 0 Å². The third-order valence-electron chi connectivity index (χ3n) is 5.98. The summed E-state index contributed by atoms with van der Waals surface area (Å²) >= 11 is 0. The van der Waals surface area contributed by atoms with Crippen LogP contribution in [-0.4, -0.2) is 10.2 Å². The first-order chi connectivity index (χ1) is 12.8. The van der Waals surface area contributed by atoms with E-state index in [4.69, 9.17) is 0 Å². The molecule has 0 amide bonds. The Bertz CT molecular complexity index is 637. The van der Waals surface area contributed by atoms with Gasteiger partial charge in [-0.2, -0.15) is 10.2 Å². The molecular weight excluding hydrogens is 316 g/mol. The Balaban J connectivity index is 1.49. The van der Waals surface area contributed by atoms with Gasteiger partial charge in [0.05, 0.1) is 11.4 Å². The number of aromatic nitrogens is 2. The molecule has 1 heterocycles. The summed E-state index contributed by atoms with van der Waals surface area (Å²) < 4.78 is 0.